The van der Waals surface area contributed by atoms with Gasteiger partial charge >= 0.3 is 0 Å². The van der Waals surface area contributed by atoms with Gasteiger partial charge in [-0.3, -0.25) is 16.3 Å². The molecule has 0 aromatic carbocycles. The average molecular weight is 266 g/mol. The number of nitrogens with one attached hydrogen (secondary N) is 1. The Kier molecular flexibility index (Phi) is 4.36. The van der Waals surface area contributed by atoms with Crippen LogP contribution in [0, 0.1) is 0 Å². The molecule has 0 spiro atoms. The summed E-state index contributed by atoms with van der Waals surface area (Å²) in [5.41, 5.74) is 4.90. The quantitative estimate of drug-likeness (QED) is 0.644. The number of halogens is 1. The highest BCUT2D eigenvalue weighted by Gasteiger charge is 2.17. The fourth-order valence-electron chi connectivity index (χ4n) is 2.00. The second-order valence-corrected chi connectivity index (χ2v) is 4.45. The molecule has 2 aromatic heterocycles. The van der Waals surface area contributed by atoms with Crippen molar-refractivity contribution in [2.75, 3.05) is 0 Å². The molecule has 1 unspecified atom stereocenters. The van der Waals surface area contributed by atoms with Crippen LogP contribution in [-0.4, -0.2) is 4.98 Å². The van der Waals surface area contributed by atoms with Crippen LogP contribution in [0.25, 0.3) is 0 Å². The van der Waals surface area contributed by atoms with Gasteiger partial charge in [0.1, 0.15) is 5.76 Å². The Morgan fingerprint density at radius 3 is 3.00 bits per heavy atom. The SMILES string of the molecule is CCc1occc1C(Cc1ccncc1Cl)NN. The van der Waals surface area contributed by atoms with Gasteiger partial charge in [-0.05, 0) is 24.1 Å². The third kappa shape index (κ3) is 2.72. The van der Waals surface area contributed by atoms with E-state index in [1.807, 2.05) is 12.1 Å². The molecule has 0 fully saturated rings. The molecule has 0 aliphatic heterocycles. The monoisotopic (exact) mass is 265 g/mol. The summed E-state index contributed by atoms with van der Waals surface area (Å²) in [4.78, 5) is 3.97. The minimum absolute atomic E-state index is 0.0152. The average Bonchev–Trinajstić information content (AvgIpc) is 2.86. The summed E-state index contributed by atoms with van der Waals surface area (Å²) in [5, 5.41) is 0.652. The summed E-state index contributed by atoms with van der Waals surface area (Å²) in [6, 6.07) is 3.83. The third-order valence-electron chi connectivity index (χ3n) is 2.96. The summed E-state index contributed by atoms with van der Waals surface area (Å²) >= 11 is 6.11. The Morgan fingerprint density at radius 2 is 2.33 bits per heavy atom. The number of rotatable bonds is 5. The van der Waals surface area contributed by atoms with Crippen LogP contribution >= 0.6 is 11.6 Å². The zero-order chi connectivity index (χ0) is 13.0. The summed E-state index contributed by atoms with van der Waals surface area (Å²) < 4.78 is 5.42. The lowest BCUT2D eigenvalue weighted by molar-refractivity contribution is 0.487. The van der Waals surface area contributed by atoms with Crippen molar-refractivity contribution in [2.45, 2.75) is 25.8 Å². The molecule has 0 aliphatic carbocycles. The van der Waals surface area contributed by atoms with E-state index in [1.54, 1.807) is 18.7 Å². The highest BCUT2D eigenvalue weighted by atomic mass is 35.5. The molecule has 2 heterocycles. The van der Waals surface area contributed by atoms with Crippen molar-refractivity contribution in [3.8, 4) is 0 Å². The molecule has 0 radical (unpaired) electrons. The number of nitrogens with two attached hydrogens (primary N) is 1. The van der Waals surface area contributed by atoms with E-state index in [0.717, 1.165) is 23.3 Å². The van der Waals surface area contributed by atoms with Crippen molar-refractivity contribution in [3.05, 3.63) is 52.7 Å². The number of aromatic nitrogens is 1. The highest BCUT2D eigenvalue weighted by molar-refractivity contribution is 6.31. The smallest absolute Gasteiger partial charge is 0.108 e. The maximum absolute atomic E-state index is 6.11. The zero-order valence-corrected chi connectivity index (χ0v) is 10.9. The van der Waals surface area contributed by atoms with E-state index in [2.05, 4.69) is 17.3 Å². The second kappa shape index (κ2) is 6.00. The van der Waals surface area contributed by atoms with E-state index in [0.29, 0.717) is 11.4 Å². The van der Waals surface area contributed by atoms with Gasteiger partial charge in [-0.25, -0.2) is 0 Å². The number of hydrazine groups is 1. The normalized spacial score (nSPS) is 12.6. The van der Waals surface area contributed by atoms with Crippen molar-refractivity contribution in [1.29, 1.82) is 0 Å². The Hall–Kier alpha value is -1.36. The second-order valence-electron chi connectivity index (χ2n) is 4.04. The largest absolute Gasteiger partial charge is 0.469 e. The van der Waals surface area contributed by atoms with Crippen molar-refractivity contribution in [2.24, 2.45) is 5.84 Å². The Balaban J connectivity index is 2.23. The molecule has 2 rings (SSSR count). The van der Waals surface area contributed by atoms with Crippen LogP contribution < -0.4 is 11.3 Å². The van der Waals surface area contributed by atoms with E-state index >= 15 is 0 Å². The number of aryl methyl sites for hydroxylation is 1. The first-order chi connectivity index (χ1) is 8.76. The minimum Gasteiger partial charge on any atom is -0.469 e. The van der Waals surface area contributed by atoms with Crippen molar-refractivity contribution < 1.29 is 4.42 Å². The maximum atomic E-state index is 6.11. The van der Waals surface area contributed by atoms with Gasteiger partial charge in [-0.15, -0.1) is 0 Å². The predicted molar refractivity (Wildman–Crippen MR) is 71.1 cm³/mol. The molecular weight excluding hydrogens is 250 g/mol. The summed E-state index contributed by atoms with van der Waals surface area (Å²) in [5.74, 6) is 6.58. The number of pyridine rings is 1. The topological polar surface area (TPSA) is 64.1 Å². The van der Waals surface area contributed by atoms with Gasteiger partial charge in [0.2, 0.25) is 0 Å². The van der Waals surface area contributed by atoms with E-state index in [4.69, 9.17) is 21.9 Å². The standard InChI is InChI=1S/C13H16ClN3O/c1-2-13-10(4-6-18-13)12(17-15)7-9-3-5-16-8-11(9)14/h3-6,8,12,17H,2,7,15H2,1H3. The van der Waals surface area contributed by atoms with E-state index in [9.17, 15) is 0 Å². The molecular formula is C13H16ClN3O. The first-order valence-corrected chi connectivity index (χ1v) is 6.24. The molecule has 96 valence electrons. The van der Waals surface area contributed by atoms with Gasteiger partial charge in [0, 0.05) is 24.4 Å². The van der Waals surface area contributed by atoms with Crippen LogP contribution in [0.3, 0.4) is 0 Å². The fraction of sp³-hybridized carbons (Fsp3) is 0.308. The molecule has 3 N–H and O–H groups in total. The molecule has 4 nitrogen and oxygen atoms in total. The van der Waals surface area contributed by atoms with E-state index in [-0.39, 0.29) is 6.04 Å². The Bertz CT molecular complexity index is 512. The van der Waals surface area contributed by atoms with Gasteiger partial charge in [-0.1, -0.05) is 18.5 Å². The van der Waals surface area contributed by atoms with Crippen LogP contribution in [0.15, 0.2) is 35.2 Å². The molecule has 0 saturated carbocycles. The molecule has 0 bridgehead atoms. The number of nitrogens with zero attached hydrogens (tertiary/aromatic N) is 1. The third-order valence-corrected chi connectivity index (χ3v) is 3.30. The number of furan rings is 1. The maximum Gasteiger partial charge on any atom is 0.108 e. The Morgan fingerprint density at radius 1 is 1.50 bits per heavy atom. The summed E-state index contributed by atoms with van der Waals surface area (Å²) in [6.07, 6.45) is 6.59. The van der Waals surface area contributed by atoms with Crippen molar-refractivity contribution in [3.63, 3.8) is 0 Å². The molecule has 0 aliphatic rings. The van der Waals surface area contributed by atoms with Crippen LogP contribution in [0.1, 0.15) is 29.9 Å². The van der Waals surface area contributed by atoms with Crippen molar-refractivity contribution >= 4 is 11.6 Å². The lowest BCUT2D eigenvalue weighted by Gasteiger charge is -2.16. The molecule has 0 amide bonds. The van der Waals surface area contributed by atoms with Crippen LogP contribution in [0.5, 0.6) is 0 Å². The van der Waals surface area contributed by atoms with E-state index in [1.165, 1.54) is 0 Å². The number of hydrogen-bond donors (Lipinski definition) is 2. The first kappa shape index (κ1) is 13.1. The first-order valence-electron chi connectivity index (χ1n) is 5.87. The molecule has 0 saturated heterocycles. The van der Waals surface area contributed by atoms with E-state index < -0.39 is 0 Å². The van der Waals surface area contributed by atoms with Crippen LogP contribution in [0.2, 0.25) is 5.02 Å². The molecule has 18 heavy (non-hydrogen) atoms. The predicted octanol–water partition coefficient (Wildman–Crippen LogP) is 2.64. The minimum atomic E-state index is -0.0152. The van der Waals surface area contributed by atoms with Gasteiger partial charge in [-0.2, -0.15) is 0 Å². The Labute approximate surface area is 111 Å². The zero-order valence-electron chi connectivity index (χ0n) is 10.2. The van der Waals surface area contributed by atoms with Crippen molar-refractivity contribution in [1.82, 2.24) is 10.4 Å². The summed E-state index contributed by atoms with van der Waals surface area (Å²) in [6.45, 7) is 2.05. The van der Waals surface area contributed by atoms with Gasteiger partial charge in [0.05, 0.1) is 17.3 Å². The van der Waals surface area contributed by atoms with Crippen LogP contribution in [0.4, 0.5) is 0 Å². The fourth-order valence-corrected chi connectivity index (χ4v) is 2.19. The van der Waals surface area contributed by atoms with Crippen LogP contribution in [-0.2, 0) is 12.8 Å². The lowest BCUT2D eigenvalue weighted by Crippen LogP contribution is -2.30. The molecule has 2 aromatic rings. The number of hydrogen-bond acceptors (Lipinski definition) is 4. The molecule has 1 atom stereocenters. The van der Waals surface area contributed by atoms with Gasteiger partial charge in [0.25, 0.3) is 0 Å². The lowest BCUT2D eigenvalue weighted by atomic mass is 9.99. The molecule has 5 heteroatoms. The summed E-state index contributed by atoms with van der Waals surface area (Å²) in [7, 11) is 0. The highest BCUT2D eigenvalue weighted by Crippen LogP contribution is 2.25. The van der Waals surface area contributed by atoms with Gasteiger partial charge < -0.3 is 4.42 Å². The van der Waals surface area contributed by atoms with Gasteiger partial charge in [0.15, 0.2) is 0 Å².